The minimum atomic E-state index is -4.70. The maximum absolute atomic E-state index is 12.0. The van der Waals surface area contributed by atoms with E-state index in [0.717, 1.165) is 19.3 Å². The van der Waals surface area contributed by atoms with E-state index in [1.807, 2.05) is 0 Å². The lowest BCUT2D eigenvalue weighted by atomic mass is 9.75. The number of halogens is 3. The van der Waals surface area contributed by atoms with Crippen molar-refractivity contribution in [3.8, 4) is 5.75 Å². The van der Waals surface area contributed by atoms with Crippen LogP contribution in [0.25, 0.3) is 0 Å². The zero-order valence-corrected chi connectivity index (χ0v) is 11.4. The summed E-state index contributed by atoms with van der Waals surface area (Å²) in [7, 11) is 0. The molecule has 1 aliphatic rings. The summed E-state index contributed by atoms with van der Waals surface area (Å²) in [6.07, 6.45) is -1.67. The van der Waals surface area contributed by atoms with Gasteiger partial charge in [-0.3, -0.25) is 4.79 Å². The number of rotatable bonds is 5. The summed E-state index contributed by atoms with van der Waals surface area (Å²) in [5, 5.41) is 2.71. The number of amides is 1. The molecule has 4 nitrogen and oxygen atoms in total. The SMILES string of the molecule is NC1(CC(=O)NCc2ccc(OC(F)(F)F)cc2)CCC1. The molecule has 116 valence electrons. The summed E-state index contributed by atoms with van der Waals surface area (Å²) in [6.45, 7) is 0.251. The van der Waals surface area contributed by atoms with Crippen LogP contribution in [0.5, 0.6) is 5.75 Å². The van der Waals surface area contributed by atoms with Gasteiger partial charge in [0.05, 0.1) is 0 Å². The van der Waals surface area contributed by atoms with Crippen molar-refractivity contribution < 1.29 is 22.7 Å². The lowest BCUT2D eigenvalue weighted by Crippen LogP contribution is -2.49. The first-order valence-corrected chi connectivity index (χ1v) is 6.66. The van der Waals surface area contributed by atoms with Crippen molar-refractivity contribution in [1.29, 1.82) is 0 Å². The average molecular weight is 302 g/mol. The Morgan fingerprint density at radius 2 is 1.90 bits per heavy atom. The van der Waals surface area contributed by atoms with Gasteiger partial charge in [0.1, 0.15) is 5.75 Å². The van der Waals surface area contributed by atoms with Gasteiger partial charge < -0.3 is 15.8 Å². The number of nitrogens with one attached hydrogen (secondary N) is 1. The molecule has 7 heteroatoms. The summed E-state index contributed by atoms with van der Waals surface area (Å²) < 4.78 is 39.8. The quantitative estimate of drug-likeness (QED) is 0.878. The summed E-state index contributed by atoms with van der Waals surface area (Å²) in [5.74, 6) is -0.430. The molecule has 0 aliphatic heterocycles. The van der Waals surface area contributed by atoms with Crippen molar-refractivity contribution in [2.75, 3.05) is 0 Å². The van der Waals surface area contributed by atoms with Gasteiger partial charge in [-0.2, -0.15) is 0 Å². The first kappa shape index (κ1) is 15.6. The second-order valence-corrected chi connectivity index (χ2v) is 5.36. The molecule has 0 saturated heterocycles. The molecule has 2 rings (SSSR count). The molecule has 0 unspecified atom stereocenters. The van der Waals surface area contributed by atoms with Gasteiger partial charge >= 0.3 is 6.36 Å². The number of hydrogen-bond donors (Lipinski definition) is 2. The van der Waals surface area contributed by atoms with E-state index in [-0.39, 0.29) is 30.2 Å². The van der Waals surface area contributed by atoms with Gasteiger partial charge in [-0.15, -0.1) is 13.2 Å². The molecule has 3 N–H and O–H groups in total. The Balaban J connectivity index is 1.79. The number of alkyl halides is 3. The van der Waals surface area contributed by atoms with Crippen molar-refractivity contribution in [3.05, 3.63) is 29.8 Å². The molecule has 1 saturated carbocycles. The fraction of sp³-hybridized carbons (Fsp3) is 0.500. The molecule has 1 amide bonds. The average Bonchev–Trinajstić information content (AvgIpc) is 2.34. The largest absolute Gasteiger partial charge is 0.573 e. The number of carbonyl (C=O) groups excluding carboxylic acids is 1. The predicted octanol–water partition coefficient (Wildman–Crippen LogP) is 2.47. The molecule has 0 aromatic heterocycles. The van der Waals surface area contributed by atoms with E-state index in [1.54, 1.807) is 0 Å². The van der Waals surface area contributed by atoms with Gasteiger partial charge in [-0.25, -0.2) is 0 Å². The minimum Gasteiger partial charge on any atom is -0.406 e. The molecule has 0 radical (unpaired) electrons. The Kier molecular flexibility index (Phi) is 4.41. The Labute approximate surface area is 120 Å². The second kappa shape index (κ2) is 5.93. The Morgan fingerprint density at radius 3 is 2.38 bits per heavy atom. The molecule has 1 aliphatic carbocycles. The fourth-order valence-electron chi connectivity index (χ4n) is 2.20. The third-order valence-corrected chi connectivity index (χ3v) is 3.51. The van der Waals surface area contributed by atoms with Crippen LogP contribution < -0.4 is 15.8 Å². The van der Waals surface area contributed by atoms with Crippen LogP contribution in [0.4, 0.5) is 13.2 Å². The van der Waals surface area contributed by atoms with Crippen molar-refractivity contribution in [2.24, 2.45) is 5.73 Å². The van der Waals surface area contributed by atoms with Crippen LogP contribution in [0.1, 0.15) is 31.2 Å². The lowest BCUT2D eigenvalue weighted by molar-refractivity contribution is -0.274. The van der Waals surface area contributed by atoms with E-state index < -0.39 is 6.36 Å². The number of benzene rings is 1. The maximum atomic E-state index is 12.0. The van der Waals surface area contributed by atoms with Crippen LogP contribution in [0.2, 0.25) is 0 Å². The van der Waals surface area contributed by atoms with Gasteiger partial charge in [0, 0.05) is 18.5 Å². The molecule has 0 atom stereocenters. The van der Waals surface area contributed by atoms with Gasteiger partial charge in [0.15, 0.2) is 0 Å². The van der Waals surface area contributed by atoms with E-state index in [4.69, 9.17) is 5.73 Å². The summed E-state index contributed by atoms with van der Waals surface area (Å²) >= 11 is 0. The summed E-state index contributed by atoms with van der Waals surface area (Å²) in [4.78, 5) is 11.7. The third kappa shape index (κ3) is 4.93. The maximum Gasteiger partial charge on any atom is 0.573 e. The van der Waals surface area contributed by atoms with Crippen LogP contribution >= 0.6 is 0 Å². The van der Waals surface area contributed by atoms with Crippen molar-refractivity contribution in [1.82, 2.24) is 5.32 Å². The number of carbonyl (C=O) groups is 1. The number of hydrogen-bond acceptors (Lipinski definition) is 3. The topological polar surface area (TPSA) is 64.4 Å². The molecule has 0 bridgehead atoms. The molecule has 1 fully saturated rings. The van der Waals surface area contributed by atoms with Gasteiger partial charge in [0.2, 0.25) is 5.91 Å². The first-order valence-electron chi connectivity index (χ1n) is 6.66. The highest BCUT2D eigenvalue weighted by Gasteiger charge is 2.34. The smallest absolute Gasteiger partial charge is 0.406 e. The van der Waals surface area contributed by atoms with Crippen LogP contribution in [-0.4, -0.2) is 17.8 Å². The third-order valence-electron chi connectivity index (χ3n) is 3.51. The van der Waals surface area contributed by atoms with Gasteiger partial charge in [0.25, 0.3) is 0 Å². The van der Waals surface area contributed by atoms with Crippen molar-refractivity contribution in [3.63, 3.8) is 0 Å². The Bertz CT molecular complexity index is 496. The second-order valence-electron chi connectivity index (χ2n) is 5.36. The highest BCUT2D eigenvalue weighted by atomic mass is 19.4. The molecular formula is C14H17F3N2O2. The Hall–Kier alpha value is -1.76. The first-order chi connectivity index (χ1) is 9.76. The molecular weight excluding hydrogens is 285 g/mol. The van der Waals surface area contributed by atoms with Crippen molar-refractivity contribution >= 4 is 5.91 Å². The standard InChI is InChI=1S/C14H17F3N2O2/c15-14(16,17)21-11-4-2-10(3-5-11)9-19-12(20)8-13(18)6-1-7-13/h2-5H,1,6-9,18H2,(H,19,20). The summed E-state index contributed by atoms with van der Waals surface area (Å²) in [6, 6.07) is 5.38. The molecule has 0 heterocycles. The zero-order valence-electron chi connectivity index (χ0n) is 11.4. The van der Waals surface area contributed by atoms with Crippen LogP contribution in [0, 0.1) is 0 Å². The summed E-state index contributed by atoms with van der Waals surface area (Å²) in [5.41, 5.74) is 6.28. The molecule has 0 spiro atoms. The monoisotopic (exact) mass is 302 g/mol. The van der Waals surface area contributed by atoms with Gasteiger partial charge in [-0.05, 0) is 37.0 Å². The highest BCUT2D eigenvalue weighted by Crippen LogP contribution is 2.31. The normalized spacial score (nSPS) is 17.0. The van der Waals surface area contributed by atoms with Crippen LogP contribution in [0.3, 0.4) is 0 Å². The van der Waals surface area contributed by atoms with E-state index in [0.29, 0.717) is 5.56 Å². The fourth-order valence-corrected chi connectivity index (χ4v) is 2.20. The highest BCUT2D eigenvalue weighted by molar-refractivity contribution is 5.77. The van der Waals surface area contributed by atoms with E-state index >= 15 is 0 Å². The van der Waals surface area contributed by atoms with E-state index in [9.17, 15) is 18.0 Å². The Morgan fingerprint density at radius 1 is 1.29 bits per heavy atom. The predicted molar refractivity (Wildman–Crippen MR) is 70.4 cm³/mol. The lowest BCUT2D eigenvalue weighted by Gasteiger charge is -2.37. The van der Waals surface area contributed by atoms with Crippen molar-refractivity contribution in [2.45, 2.75) is 44.1 Å². The molecule has 1 aromatic carbocycles. The number of nitrogens with two attached hydrogens (primary N) is 1. The van der Waals surface area contributed by atoms with Crippen LogP contribution in [0.15, 0.2) is 24.3 Å². The zero-order chi connectivity index (χ0) is 15.5. The van der Waals surface area contributed by atoms with Crippen LogP contribution in [-0.2, 0) is 11.3 Å². The van der Waals surface area contributed by atoms with E-state index in [1.165, 1.54) is 24.3 Å². The molecule has 21 heavy (non-hydrogen) atoms. The minimum absolute atomic E-state index is 0.146. The number of ether oxygens (including phenoxy) is 1. The molecule has 1 aromatic rings. The van der Waals surface area contributed by atoms with Gasteiger partial charge in [-0.1, -0.05) is 12.1 Å². The van der Waals surface area contributed by atoms with E-state index in [2.05, 4.69) is 10.1 Å².